The van der Waals surface area contributed by atoms with Crippen molar-refractivity contribution in [3.63, 3.8) is 0 Å². The van der Waals surface area contributed by atoms with Crippen LogP contribution in [0.3, 0.4) is 0 Å². The third-order valence-corrected chi connectivity index (χ3v) is 3.86. The number of anilines is 1. The Morgan fingerprint density at radius 3 is 2.78 bits per heavy atom. The highest BCUT2D eigenvalue weighted by molar-refractivity contribution is 7.80. The smallest absolute Gasteiger partial charge is 0.214 e. The third kappa shape index (κ3) is 2.60. The minimum atomic E-state index is 0.291. The molecule has 18 heavy (non-hydrogen) atoms. The van der Waals surface area contributed by atoms with E-state index in [1.54, 1.807) is 4.90 Å². The zero-order chi connectivity index (χ0) is 13.1. The molecule has 2 rings (SSSR count). The van der Waals surface area contributed by atoms with Crippen LogP contribution in [0.25, 0.3) is 10.6 Å². The fraction of sp³-hybridized carbons (Fsp3) is 0.182. The molecule has 0 aliphatic carbocycles. The SMILES string of the molecule is CCN(C(N)=S)c1nnc(-c2ccccc2Cl)s1. The van der Waals surface area contributed by atoms with Crippen LogP contribution < -0.4 is 10.6 Å². The molecule has 0 aliphatic rings. The third-order valence-electron chi connectivity index (χ3n) is 2.33. The van der Waals surface area contributed by atoms with Crippen LogP contribution in [0.2, 0.25) is 5.02 Å². The van der Waals surface area contributed by atoms with E-state index in [0.717, 1.165) is 10.6 Å². The molecule has 2 N–H and O–H groups in total. The van der Waals surface area contributed by atoms with Crippen molar-refractivity contribution in [3.05, 3.63) is 29.3 Å². The number of nitrogens with zero attached hydrogens (tertiary/aromatic N) is 3. The lowest BCUT2D eigenvalue weighted by atomic mass is 10.2. The van der Waals surface area contributed by atoms with Crippen molar-refractivity contribution in [1.82, 2.24) is 10.2 Å². The Hall–Kier alpha value is -1.24. The molecule has 1 aromatic heterocycles. The van der Waals surface area contributed by atoms with E-state index in [4.69, 9.17) is 29.6 Å². The normalized spacial score (nSPS) is 10.3. The van der Waals surface area contributed by atoms with Crippen molar-refractivity contribution in [3.8, 4) is 10.6 Å². The summed E-state index contributed by atoms with van der Waals surface area (Å²) < 4.78 is 0. The standard InChI is InChI=1S/C11H11ClN4S2/c1-2-16(10(13)17)11-15-14-9(18-11)7-5-3-4-6-8(7)12/h3-6H,2H2,1H3,(H2,13,17). The summed E-state index contributed by atoms with van der Waals surface area (Å²) in [5.41, 5.74) is 6.49. The van der Waals surface area contributed by atoms with Crippen molar-refractivity contribution >= 4 is 45.4 Å². The maximum Gasteiger partial charge on any atom is 0.214 e. The summed E-state index contributed by atoms with van der Waals surface area (Å²) in [7, 11) is 0. The maximum absolute atomic E-state index is 6.12. The predicted molar refractivity (Wildman–Crippen MR) is 80.2 cm³/mol. The molecule has 0 fully saturated rings. The highest BCUT2D eigenvalue weighted by Gasteiger charge is 2.15. The highest BCUT2D eigenvalue weighted by Crippen LogP contribution is 2.32. The summed E-state index contributed by atoms with van der Waals surface area (Å²) in [6.45, 7) is 2.61. The molecule has 0 amide bonds. The number of benzene rings is 1. The molecule has 0 saturated heterocycles. The Labute approximate surface area is 119 Å². The number of nitrogens with two attached hydrogens (primary N) is 1. The minimum absolute atomic E-state index is 0.291. The van der Waals surface area contributed by atoms with Gasteiger partial charge in [-0.25, -0.2) is 0 Å². The lowest BCUT2D eigenvalue weighted by molar-refractivity contribution is 0.996. The van der Waals surface area contributed by atoms with E-state index >= 15 is 0 Å². The van der Waals surface area contributed by atoms with E-state index < -0.39 is 0 Å². The van der Waals surface area contributed by atoms with E-state index in [-0.39, 0.29) is 0 Å². The average Bonchev–Trinajstić information content (AvgIpc) is 2.79. The zero-order valence-corrected chi connectivity index (χ0v) is 12.0. The Bertz CT molecular complexity index is 570. The maximum atomic E-state index is 6.12. The molecule has 2 aromatic rings. The van der Waals surface area contributed by atoms with E-state index in [9.17, 15) is 0 Å². The number of thiocarbonyl (C=S) groups is 1. The monoisotopic (exact) mass is 298 g/mol. The number of hydrogen-bond acceptors (Lipinski definition) is 4. The molecule has 0 radical (unpaired) electrons. The molecule has 1 aromatic carbocycles. The molecular weight excluding hydrogens is 288 g/mol. The molecule has 0 bridgehead atoms. The summed E-state index contributed by atoms with van der Waals surface area (Å²) in [5.74, 6) is 0. The van der Waals surface area contributed by atoms with Crippen molar-refractivity contribution in [2.24, 2.45) is 5.73 Å². The first-order valence-electron chi connectivity index (χ1n) is 5.29. The number of rotatable bonds is 3. The van der Waals surface area contributed by atoms with Gasteiger partial charge in [0.1, 0.15) is 0 Å². The second-order valence-electron chi connectivity index (χ2n) is 3.45. The lowest BCUT2D eigenvalue weighted by Gasteiger charge is -2.15. The van der Waals surface area contributed by atoms with Gasteiger partial charge in [-0.3, -0.25) is 4.90 Å². The van der Waals surface area contributed by atoms with Gasteiger partial charge in [-0.1, -0.05) is 41.1 Å². The van der Waals surface area contributed by atoms with E-state index in [1.807, 2.05) is 31.2 Å². The minimum Gasteiger partial charge on any atom is -0.376 e. The molecule has 0 spiro atoms. The first-order valence-corrected chi connectivity index (χ1v) is 6.89. The van der Waals surface area contributed by atoms with Gasteiger partial charge >= 0.3 is 0 Å². The quantitative estimate of drug-likeness (QED) is 0.883. The molecule has 4 nitrogen and oxygen atoms in total. The predicted octanol–water partition coefficient (Wildman–Crippen LogP) is 2.93. The Balaban J connectivity index is 2.36. The first-order chi connectivity index (χ1) is 8.63. The van der Waals surface area contributed by atoms with Crippen molar-refractivity contribution in [1.29, 1.82) is 0 Å². The number of halogens is 1. The van der Waals surface area contributed by atoms with Gasteiger partial charge in [0.15, 0.2) is 10.1 Å². The van der Waals surface area contributed by atoms with Crippen LogP contribution in [-0.2, 0) is 0 Å². The number of aromatic nitrogens is 2. The Kier molecular flexibility index (Phi) is 4.11. The molecule has 1 heterocycles. The molecule has 0 saturated carbocycles. The summed E-state index contributed by atoms with van der Waals surface area (Å²) in [4.78, 5) is 1.73. The molecular formula is C11H11ClN4S2. The summed E-state index contributed by atoms with van der Waals surface area (Å²) in [6, 6.07) is 7.52. The second-order valence-corrected chi connectivity index (χ2v) is 5.23. The van der Waals surface area contributed by atoms with E-state index in [0.29, 0.717) is 21.8 Å². The highest BCUT2D eigenvalue weighted by atomic mass is 35.5. The second kappa shape index (κ2) is 5.60. The molecule has 0 unspecified atom stereocenters. The van der Waals surface area contributed by atoms with Gasteiger partial charge in [0.25, 0.3) is 0 Å². The van der Waals surface area contributed by atoms with Gasteiger partial charge in [0, 0.05) is 12.1 Å². The van der Waals surface area contributed by atoms with Gasteiger partial charge in [-0.2, -0.15) is 0 Å². The molecule has 94 valence electrons. The van der Waals surface area contributed by atoms with Crippen LogP contribution in [0, 0.1) is 0 Å². The average molecular weight is 299 g/mol. The molecule has 7 heteroatoms. The Morgan fingerprint density at radius 2 is 2.17 bits per heavy atom. The number of hydrogen-bond donors (Lipinski definition) is 1. The first kappa shape index (κ1) is 13.2. The largest absolute Gasteiger partial charge is 0.376 e. The van der Waals surface area contributed by atoms with Crippen molar-refractivity contribution in [2.45, 2.75) is 6.92 Å². The fourth-order valence-corrected chi connectivity index (χ4v) is 2.97. The summed E-state index contributed by atoms with van der Waals surface area (Å²) in [5, 5.41) is 10.6. The van der Waals surface area contributed by atoms with E-state index in [2.05, 4.69) is 10.2 Å². The van der Waals surface area contributed by atoms with Crippen molar-refractivity contribution < 1.29 is 0 Å². The lowest BCUT2D eigenvalue weighted by Crippen LogP contribution is -2.35. The van der Waals surface area contributed by atoms with Gasteiger partial charge in [-0.05, 0) is 25.2 Å². The summed E-state index contributed by atoms with van der Waals surface area (Å²) >= 11 is 12.5. The topological polar surface area (TPSA) is 55.0 Å². The van der Waals surface area contributed by atoms with Crippen LogP contribution >= 0.6 is 35.2 Å². The van der Waals surface area contributed by atoms with Crippen LogP contribution in [0.5, 0.6) is 0 Å². The summed E-state index contributed by atoms with van der Waals surface area (Å²) in [6.07, 6.45) is 0. The zero-order valence-electron chi connectivity index (χ0n) is 9.63. The van der Waals surface area contributed by atoms with Gasteiger partial charge in [0.05, 0.1) is 5.02 Å². The van der Waals surface area contributed by atoms with Crippen LogP contribution in [-0.4, -0.2) is 21.9 Å². The van der Waals surface area contributed by atoms with Gasteiger partial charge in [-0.15, -0.1) is 10.2 Å². The van der Waals surface area contributed by atoms with Crippen LogP contribution in [0.15, 0.2) is 24.3 Å². The van der Waals surface area contributed by atoms with E-state index in [1.165, 1.54) is 11.3 Å². The molecule has 0 aliphatic heterocycles. The fourth-order valence-electron chi connectivity index (χ4n) is 1.45. The Morgan fingerprint density at radius 1 is 1.44 bits per heavy atom. The van der Waals surface area contributed by atoms with Crippen LogP contribution in [0.1, 0.15) is 6.92 Å². The van der Waals surface area contributed by atoms with Gasteiger partial charge < -0.3 is 5.73 Å². The molecule has 0 atom stereocenters. The van der Waals surface area contributed by atoms with Crippen LogP contribution in [0.4, 0.5) is 5.13 Å². The van der Waals surface area contributed by atoms with Gasteiger partial charge in [0.2, 0.25) is 5.13 Å². The van der Waals surface area contributed by atoms with Crippen molar-refractivity contribution in [2.75, 3.05) is 11.4 Å².